The summed E-state index contributed by atoms with van der Waals surface area (Å²) in [4.78, 5) is 40.3. The lowest BCUT2D eigenvalue weighted by Crippen LogP contribution is -2.06. The first-order valence-electron chi connectivity index (χ1n) is 43.6. The first-order chi connectivity index (χ1) is 64.0. The van der Waals surface area contributed by atoms with Crippen LogP contribution in [0.4, 0.5) is 0 Å². The van der Waals surface area contributed by atoms with Crippen molar-refractivity contribution in [3.63, 3.8) is 0 Å². The van der Waals surface area contributed by atoms with Gasteiger partial charge in [-0.15, -0.1) is 0 Å². The van der Waals surface area contributed by atoms with Crippen molar-refractivity contribution in [1.29, 1.82) is 0 Å². The molecule has 0 amide bonds. The van der Waals surface area contributed by atoms with Gasteiger partial charge in [0.15, 0.2) is 29.1 Å². The molecule has 3 aliphatic rings. The van der Waals surface area contributed by atoms with E-state index < -0.39 is 0 Å². The van der Waals surface area contributed by atoms with E-state index in [2.05, 4.69) is 311 Å². The van der Waals surface area contributed by atoms with Crippen molar-refractivity contribution >= 4 is 97.7 Å². The van der Waals surface area contributed by atoms with Gasteiger partial charge in [-0.2, -0.15) is 9.97 Å². The maximum Gasteiger partial charge on any atom is 0.238 e. The molecule has 0 saturated heterocycles. The van der Waals surface area contributed by atoms with E-state index in [9.17, 15) is 0 Å². The molecule has 25 aromatic rings. The van der Waals surface area contributed by atoms with Gasteiger partial charge in [0.25, 0.3) is 0 Å². The van der Waals surface area contributed by atoms with Crippen molar-refractivity contribution in [2.75, 3.05) is 0 Å². The minimum absolute atomic E-state index is 0.612. The molecule has 3 aliphatic carbocycles. The van der Waals surface area contributed by atoms with E-state index in [1.807, 2.05) is 133 Å². The summed E-state index contributed by atoms with van der Waals surface area (Å²) in [5.41, 5.74) is 31.7. The second kappa shape index (κ2) is 29.6. The molecular formula is C118H71N11. The maximum absolute atomic E-state index is 5.22. The highest BCUT2D eigenvalue weighted by Gasteiger charge is 2.31. The van der Waals surface area contributed by atoms with E-state index in [-0.39, 0.29) is 0 Å². The highest BCUT2D eigenvalue weighted by atomic mass is 15.2. The third-order valence-electron chi connectivity index (χ3n) is 25.9. The van der Waals surface area contributed by atoms with Gasteiger partial charge in [-0.05, 0) is 166 Å². The van der Waals surface area contributed by atoms with E-state index >= 15 is 0 Å². The zero-order valence-electron chi connectivity index (χ0n) is 69.4. The normalized spacial score (nSPS) is 11.9. The van der Waals surface area contributed by atoms with Crippen molar-refractivity contribution < 1.29 is 0 Å². The van der Waals surface area contributed by atoms with Crippen LogP contribution in [0.1, 0.15) is 0 Å². The fourth-order valence-electron chi connectivity index (χ4n) is 20.3. The average molecular weight is 1640 g/mol. The van der Waals surface area contributed by atoms with Gasteiger partial charge in [0.2, 0.25) is 11.9 Å². The molecule has 0 spiro atoms. The van der Waals surface area contributed by atoms with E-state index in [4.69, 9.17) is 39.9 Å². The molecule has 0 aliphatic heterocycles. The molecule has 6 aromatic heterocycles. The van der Waals surface area contributed by atoms with Gasteiger partial charge in [-0.25, -0.2) is 29.9 Å². The molecule has 0 bridgehead atoms. The Morgan fingerprint density at radius 3 is 0.690 bits per heavy atom. The van der Waals surface area contributed by atoms with E-state index in [1.54, 1.807) is 0 Å². The molecule has 0 radical (unpaired) electrons. The third-order valence-corrected chi connectivity index (χ3v) is 25.9. The van der Waals surface area contributed by atoms with Gasteiger partial charge < -0.3 is 4.57 Å². The lowest BCUT2D eigenvalue weighted by molar-refractivity contribution is 0.953. The highest BCUT2D eigenvalue weighted by Crippen LogP contribution is 2.54. The smallest absolute Gasteiger partial charge is 0.238 e. The molecule has 6 heterocycles. The first kappa shape index (κ1) is 73.0. The van der Waals surface area contributed by atoms with Gasteiger partial charge in [-0.3, -0.25) is 9.13 Å². The van der Waals surface area contributed by atoms with Crippen LogP contribution in [-0.4, -0.2) is 53.6 Å². The van der Waals surface area contributed by atoms with Crippen LogP contribution in [0.25, 0.3) is 262 Å². The van der Waals surface area contributed by atoms with Crippen LogP contribution < -0.4 is 0 Å². The number of benzene rings is 19. The predicted octanol–water partition coefficient (Wildman–Crippen LogP) is 29.6. The number of aromatic nitrogens is 11. The number of hydrogen-bond acceptors (Lipinski definition) is 8. The lowest BCUT2D eigenvalue weighted by Gasteiger charge is -2.14. The number of fused-ring (bicyclic) bond motifs is 9. The van der Waals surface area contributed by atoms with Crippen LogP contribution in [0.15, 0.2) is 431 Å². The lowest BCUT2D eigenvalue weighted by atomic mass is 9.93. The van der Waals surface area contributed by atoms with Gasteiger partial charge in [0, 0.05) is 76.9 Å². The Kier molecular flexibility index (Phi) is 16.8. The quantitative estimate of drug-likeness (QED) is 0.133. The summed E-state index contributed by atoms with van der Waals surface area (Å²) in [6.07, 6.45) is 0. The molecule has 0 fully saturated rings. The summed E-state index contributed by atoms with van der Waals surface area (Å²) in [5, 5.41) is 15.2. The number of hydrogen-bond donors (Lipinski definition) is 0. The average Bonchev–Trinajstić information content (AvgIpc) is 1.56. The zero-order valence-corrected chi connectivity index (χ0v) is 69.4. The minimum Gasteiger partial charge on any atom is -0.309 e. The molecule has 129 heavy (non-hydrogen) atoms. The molecule has 28 rings (SSSR count). The number of nitrogens with zero attached hydrogens (tertiary/aromatic N) is 11. The van der Waals surface area contributed by atoms with Crippen molar-refractivity contribution in [3.05, 3.63) is 431 Å². The van der Waals surface area contributed by atoms with Crippen molar-refractivity contribution in [3.8, 4) is 164 Å². The summed E-state index contributed by atoms with van der Waals surface area (Å²) >= 11 is 0. The fourth-order valence-corrected chi connectivity index (χ4v) is 20.3. The predicted molar refractivity (Wildman–Crippen MR) is 529 cm³/mol. The Hall–Kier alpha value is -17.5. The first-order valence-corrected chi connectivity index (χ1v) is 43.6. The van der Waals surface area contributed by atoms with Crippen LogP contribution >= 0.6 is 0 Å². The van der Waals surface area contributed by atoms with E-state index in [0.29, 0.717) is 41.0 Å². The minimum atomic E-state index is 0.612. The molecule has 11 heteroatoms. The Bertz CT molecular complexity index is 8390. The van der Waals surface area contributed by atoms with Crippen molar-refractivity contribution in [1.82, 2.24) is 53.6 Å². The fraction of sp³-hybridized carbons (Fsp3) is 0. The van der Waals surface area contributed by atoms with Gasteiger partial charge in [0.05, 0.1) is 44.5 Å². The molecule has 11 nitrogen and oxygen atoms in total. The van der Waals surface area contributed by atoms with Crippen LogP contribution in [0, 0.1) is 0 Å². The number of rotatable bonds is 10. The summed E-state index contributed by atoms with van der Waals surface area (Å²) in [6, 6.07) is 152. The summed E-state index contributed by atoms with van der Waals surface area (Å²) in [5.74, 6) is 4.56. The van der Waals surface area contributed by atoms with E-state index in [1.165, 1.54) is 142 Å². The Morgan fingerprint density at radius 2 is 0.372 bits per heavy atom. The summed E-state index contributed by atoms with van der Waals surface area (Å²) in [7, 11) is 0. The van der Waals surface area contributed by atoms with Crippen LogP contribution in [-0.2, 0) is 0 Å². The maximum atomic E-state index is 5.22. The molecule has 19 aromatic carbocycles. The molecule has 598 valence electrons. The SMILES string of the molecule is c1ccc(-c2cc(-c3ccccc3)nc(-n3c4cccc5c4c4c6c(cccc6ccc43)-c3ccccc3-5)n2)cc1.c1ccc(-c2nc(-c3ccccc3)nc(-c3ccc(-n4c5cccc6c5c5c7c(cccc7ccc54)-c4ccccc4-6)cc3)n2)cc1.c1ccc(-c2nc(-c3ccccc3)nc(-n3c4cccc5c4c4c6c(cccc6ccc43)-c3ccccc3-5)n2)cc1. The standard InChI is InChI=1S/C43H26N4.C38H23N3.C37H22N4/c1-3-11-28(12-4-1)41-44-42(29-13-5-2-6-14-29)46-43(45-41)30-21-24-31(25-22-30)47-36-20-10-19-35-33-17-8-7-16-32(33)34-18-9-15-27-23-26-37(47)40(38(27)34)39(35)36;1-3-11-24(12-4-1)31-23-32(25-13-5-2-6-14-25)40-38(39-31)41-33-20-10-19-30-28-17-8-7-16-27(28)29-18-9-15-26-21-22-34(41)37(35(26)29)36(30)33;1-3-11-24(12-4-1)35-38-36(25-13-5-2-6-14-25)40-37(39-35)41-30-20-10-19-29-27-17-8-7-16-26(27)28-18-9-15-23-21-22-31(41)34(32(23)28)33(29)30/h1-26H;1-23H;1-22H. The van der Waals surface area contributed by atoms with Gasteiger partial charge in [-0.1, -0.05) is 364 Å². The van der Waals surface area contributed by atoms with Gasteiger partial charge >= 0.3 is 0 Å². The highest BCUT2D eigenvalue weighted by molar-refractivity contribution is 6.33. The van der Waals surface area contributed by atoms with Crippen LogP contribution in [0.5, 0.6) is 0 Å². The van der Waals surface area contributed by atoms with Gasteiger partial charge in [0.1, 0.15) is 0 Å². The summed E-state index contributed by atoms with van der Waals surface area (Å²) < 4.78 is 6.89. The van der Waals surface area contributed by atoms with Crippen LogP contribution in [0.2, 0.25) is 0 Å². The summed E-state index contributed by atoms with van der Waals surface area (Å²) in [6.45, 7) is 0. The molecule has 0 atom stereocenters. The zero-order chi connectivity index (χ0) is 84.7. The second-order valence-corrected chi connectivity index (χ2v) is 33.1. The van der Waals surface area contributed by atoms with Crippen molar-refractivity contribution in [2.24, 2.45) is 0 Å². The Morgan fingerprint density at radius 1 is 0.140 bits per heavy atom. The molecule has 0 saturated carbocycles. The topological polar surface area (TPSA) is 118 Å². The monoisotopic (exact) mass is 1640 g/mol. The Balaban J connectivity index is 0.000000102. The molecule has 0 unspecified atom stereocenters. The van der Waals surface area contributed by atoms with E-state index in [0.717, 1.165) is 78.1 Å². The Labute approximate surface area is 740 Å². The largest absolute Gasteiger partial charge is 0.309 e. The van der Waals surface area contributed by atoms with Crippen molar-refractivity contribution in [2.45, 2.75) is 0 Å². The third kappa shape index (κ3) is 11.8. The van der Waals surface area contributed by atoms with Crippen LogP contribution in [0.3, 0.4) is 0 Å². The second-order valence-electron chi connectivity index (χ2n) is 33.1. The molecule has 0 N–H and O–H groups in total. The molecular weight excluding hydrogens is 1570 g/mol.